The first-order valence-corrected chi connectivity index (χ1v) is 5.83. The maximum atomic E-state index is 11.3. The van der Waals surface area contributed by atoms with Gasteiger partial charge >= 0.3 is 0 Å². The third kappa shape index (κ3) is 2.85. The van der Waals surface area contributed by atoms with Crippen molar-refractivity contribution in [3.05, 3.63) is 36.0 Å². The SMILES string of the molecule is CCNC(=O)CNCc1c[nH]c2ccccc12. The van der Waals surface area contributed by atoms with Crippen LogP contribution in [0.15, 0.2) is 30.5 Å². The Morgan fingerprint density at radius 1 is 1.35 bits per heavy atom. The molecule has 0 spiro atoms. The fourth-order valence-corrected chi connectivity index (χ4v) is 1.85. The van der Waals surface area contributed by atoms with E-state index < -0.39 is 0 Å². The van der Waals surface area contributed by atoms with Crippen LogP contribution in [-0.4, -0.2) is 24.0 Å². The molecular formula is C13H17N3O. The van der Waals surface area contributed by atoms with E-state index in [0.717, 1.165) is 5.52 Å². The van der Waals surface area contributed by atoms with Gasteiger partial charge in [0.2, 0.25) is 5.91 Å². The maximum absolute atomic E-state index is 11.3. The van der Waals surface area contributed by atoms with E-state index in [9.17, 15) is 4.79 Å². The summed E-state index contributed by atoms with van der Waals surface area (Å²) in [6, 6.07) is 8.14. The van der Waals surface area contributed by atoms with Crippen molar-refractivity contribution in [2.45, 2.75) is 13.5 Å². The Balaban J connectivity index is 1.93. The van der Waals surface area contributed by atoms with E-state index in [2.05, 4.69) is 21.7 Å². The molecule has 1 heterocycles. The third-order valence-corrected chi connectivity index (χ3v) is 2.65. The second-order valence-electron chi connectivity index (χ2n) is 3.92. The number of carbonyl (C=O) groups is 1. The summed E-state index contributed by atoms with van der Waals surface area (Å²) in [5.74, 6) is 0.0346. The number of para-hydroxylation sites is 1. The minimum absolute atomic E-state index is 0.0346. The lowest BCUT2D eigenvalue weighted by atomic mass is 10.2. The van der Waals surface area contributed by atoms with Crippen LogP contribution in [0.25, 0.3) is 10.9 Å². The summed E-state index contributed by atoms with van der Waals surface area (Å²) >= 11 is 0. The average molecular weight is 231 g/mol. The second kappa shape index (κ2) is 5.50. The van der Waals surface area contributed by atoms with Gasteiger partial charge in [0.15, 0.2) is 0 Å². The molecule has 0 aliphatic carbocycles. The number of fused-ring (bicyclic) bond motifs is 1. The number of nitrogens with one attached hydrogen (secondary N) is 3. The molecule has 2 rings (SSSR count). The molecule has 4 nitrogen and oxygen atoms in total. The van der Waals surface area contributed by atoms with Gasteiger partial charge in [-0.05, 0) is 18.6 Å². The highest BCUT2D eigenvalue weighted by Gasteiger charge is 2.03. The molecule has 0 aliphatic heterocycles. The molecule has 0 aliphatic rings. The molecule has 17 heavy (non-hydrogen) atoms. The number of likely N-dealkylation sites (N-methyl/N-ethyl adjacent to an activating group) is 1. The van der Waals surface area contributed by atoms with Crippen LogP contribution in [0.5, 0.6) is 0 Å². The highest BCUT2D eigenvalue weighted by molar-refractivity contribution is 5.83. The Bertz CT molecular complexity index is 504. The molecule has 0 unspecified atom stereocenters. The van der Waals surface area contributed by atoms with Crippen molar-refractivity contribution < 1.29 is 4.79 Å². The van der Waals surface area contributed by atoms with Gasteiger partial charge in [-0.1, -0.05) is 18.2 Å². The van der Waals surface area contributed by atoms with Gasteiger partial charge in [-0.2, -0.15) is 0 Å². The maximum Gasteiger partial charge on any atom is 0.233 e. The number of hydrogen-bond acceptors (Lipinski definition) is 2. The number of benzene rings is 1. The Morgan fingerprint density at radius 3 is 3.00 bits per heavy atom. The first kappa shape index (κ1) is 11.7. The lowest BCUT2D eigenvalue weighted by Gasteiger charge is -2.04. The van der Waals surface area contributed by atoms with Gasteiger partial charge in [0, 0.05) is 30.2 Å². The molecular weight excluding hydrogens is 214 g/mol. The van der Waals surface area contributed by atoms with E-state index in [1.54, 1.807) is 0 Å². The summed E-state index contributed by atoms with van der Waals surface area (Å²) in [6.45, 7) is 3.64. The quantitative estimate of drug-likeness (QED) is 0.728. The topological polar surface area (TPSA) is 56.9 Å². The first-order chi connectivity index (χ1) is 8.31. The van der Waals surface area contributed by atoms with Gasteiger partial charge in [-0.25, -0.2) is 0 Å². The normalized spacial score (nSPS) is 10.6. The number of amides is 1. The van der Waals surface area contributed by atoms with Gasteiger partial charge in [0.25, 0.3) is 0 Å². The molecule has 0 fully saturated rings. The number of carbonyl (C=O) groups excluding carboxylic acids is 1. The van der Waals surface area contributed by atoms with Gasteiger partial charge in [-0.15, -0.1) is 0 Å². The lowest BCUT2D eigenvalue weighted by molar-refractivity contribution is -0.120. The number of aromatic nitrogens is 1. The molecule has 4 heteroatoms. The minimum Gasteiger partial charge on any atom is -0.361 e. The van der Waals surface area contributed by atoms with Crippen molar-refractivity contribution >= 4 is 16.8 Å². The smallest absolute Gasteiger partial charge is 0.233 e. The molecule has 0 radical (unpaired) electrons. The van der Waals surface area contributed by atoms with Gasteiger partial charge in [0.1, 0.15) is 0 Å². The standard InChI is InChI=1S/C13H17N3O/c1-2-15-13(17)9-14-7-10-8-16-12-6-4-3-5-11(10)12/h3-6,8,14,16H,2,7,9H2,1H3,(H,15,17). The predicted octanol–water partition coefficient (Wildman–Crippen LogP) is 1.39. The van der Waals surface area contributed by atoms with Gasteiger partial charge in [0.05, 0.1) is 6.54 Å². The largest absolute Gasteiger partial charge is 0.361 e. The average Bonchev–Trinajstić information content (AvgIpc) is 2.73. The van der Waals surface area contributed by atoms with Gasteiger partial charge in [-0.3, -0.25) is 4.79 Å². The molecule has 3 N–H and O–H groups in total. The molecule has 2 aromatic rings. The van der Waals surface area contributed by atoms with Crippen LogP contribution >= 0.6 is 0 Å². The monoisotopic (exact) mass is 231 g/mol. The Hall–Kier alpha value is -1.81. The summed E-state index contributed by atoms with van der Waals surface area (Å²) in [4.78, 5) is 14.5. The summed E-state index contributed by atoms with van der Waals surface area (Å²) in [5, 5.41) is 7.09. The van der Waals surface area contributed by atoms with Crippen molar-refractivity contribution in [2.75, 3.05) is 13.1 Å². The van der Waals surface area contributed by atoms with E-state index in [4.69, 9.17) is 0 Å². The van der Waals surface area contributed by atoms with Crippen LogP contribution in [0.2, 0.25) is 0 Å². The van der Waals surface area contributed by atoms with Crippen LogP contribution in [-0.2, 0) is 11.3 Å². The highest BCUT2D eigenvalue weighted by atomic mass is 16.1. The zero-order chi connectivity index (χ0) is 12.1. The number of aromatic amines is 1. The zero-order valence-corrected chi connectivity index (χ0v) is 9.92. The van der Waals surface area contributed by atoms with Crippen LogP contribution in [0.3, 0.4) is 0 Å². The zero-order valence-electron chi connectivity index (χ0n) is 9.92. The molecule has 0 bridgehead atoms. The Labute approximate surface area is 100 Å². The van der Waals surface area contributed by atoms with Crippen molar-refractivity contribution in [1.82, 2.24) is 15.6 Å². The van der Waals surface area contributed by atoms with E-state index >= 15 is 0 Å². The third-order valence-electron chi connectivity index (χ3n) is 2.65. The molecule has 90 valence electrons. The summed E-state index contributed by atoms with van der Waals surface area (Å²) in [5.41, 5.74) is 2.31. The molecule has 1 aromatic heterocycles. The fraction of sp³-hybridized carbons (Fsp3) is 0.308. The van der Waals surface area contributed by atoms with Crippen molar-refractivity contribution in [1.29, 1.82) is 0 Å². The lowest BCUT2D eigenvalue weighted by Crippen LogP contribution is -2.33. The number of hydrogen-bond donors (Lipinski definition) is 3. The van der Waals surface area contributed by atoms with Crippen LogP contribution in [0.4, 0.5) is 0 Å². The molecule has 1 aromatic carbocycles. The molecule has 0 saturated heterocycles. The predicted molar refractivity (Wildman–Crippen MR) is 68.7 cm³/mol. The molecule has 0 atom stereocenters. The fourth-order valence-electron chi connectivity index (χ4n) is 1.85. The van der Waals surface area contributed by atoms with Crippen molar-refractivity contribution in [3.63, 3.8) is 0 Å². The van der Waals surface area contributed by atoms with E-state index in [0.29, 0.717) is 19.6 Å². The highest BCUT2D eigenvalue weighted by Crippen LogP contribution is 2.16. The first-order valence-electron chi connectivity index (χ1n) is 5.83. The van der Waals surface area contributed by atoms with Crippen LogP contribution < -0.4 is 10.6 Å². The van der Waals surface area contributed by atoms with Crippen LogP contribution in [0.1, 0.15) is 12.5 Å². The summed E-state index contributed by atoms with van der Waals surface area (Å²) < 4.78 is 0. The summed E-state index contributed by atoms with van der Waals surface area (Å²) in [7, 11) is 0. The van der Waals surface area contributed by atoms with E-state index in [1.807, 2.05) is 31.3 Å². The number of rotatable bonds is 5. The number of H-pyrrole nitrogens is 1. The van der Waals surface area contributed by atoms with Crippen molar-refractivity contribution in [3.8, 4) is 0 Å². The van der Waals surface area contributed by atoms with E-state index in [1.165, 1.54) is 10.9 Å². The van der Waals surface area contributed by atoms with Gasteiger partial charge < -0.3 is 15.6 Å². The summed E-state index contributed by atoms with van der Waals surface area (Å²) in [6.07, 6.45) is 1.98. The Kier molecular flexibility index (Phi) is 3.77. The second-order valence-corrected chi connectivity index (χ2v) is 3.92. The van der Waals surface area contributed by atoms with Crippen molar-refractivity contribution in [2.24, 2.45) is 0 Å². The van der Waals surface area contributed by atoms with Crippen LogP contribution in [0, 0.1) is 0 Å². The molecule has 0 saturated carbocycles. The molecule has 1 amide bonds. The Morgan fingerprint density at radius 2 is 2.18 bits per heavy atom. The minimum atomic E-state index is 0.0346. The van der Waals surface area contributed by atoms with E-state index in [-0.39, 0.29) is 5.91 Å².